The van der Waals surface area contributed by atoms with Crippen LogP contribution in [0, 0.1) is 13.8 Å². The molecular weight excluding hydrogens is 308 g/mol. The Hall–Kier alpha value is -1.65. The van der Waals surface area contributed by atoms with Crippen LogP contribution in [-0.4, -0.2) is 45.8 Å². The van der Waals surface area contributed by atoms with Crippen LogP contribution in [0.4, 0.5) is 0 Å². The van der Waals surface area contributed by atoms with E-state index in [-0.39, 0.29) is 0 Å². The van der Waals surface area contributed by atoms with Crippen molar-refractivity contribution in [2.75, 3.05) is 26.2 Å². The third-order valence-corrected chi connectivity index (χ3v) is 5.56. The molecular formula is C21H32N4. The molecule has 4 heteroatoms. The van der Waals surface area contributed by atoms with Crippen molar-refractivity contribution >= 4 is 0 Å². The van der Waals surface area contributed by atoms with Crippen LogP contribution in [0.2, 0.25) is 0 Å². The fourth-order valence-corrected chi connectivity index (χ4v) is 3.64. The van der Waals surface area contributed by atoms with Gasteiger partial charge in [0.2, 0.25) is 0 Å². The molecule has 0 saturated carbocycles. The lowest BCUT2D eigenvalue weighted by Crippen LogP contribution is -2.45. The van der Waals surface area contributed by atoms with Crippen LogP contribution in [0.25, 0.3) is 0 Å². The summed E-state index contributed by atoms with van der Waals surface area (Å²) in [5.41, 5.74) is 6.73. The molecule has 2 heterocycles. The van der Waals surface area contributed by atoms with E-state index in [1.54, 1.807) is 0 Å². The highest BCUT2D eigenvalue weighted by Crippen LogP contribution is 2.18. The fourth-order valence-electron chi connectivity index (χ4n) is 3.64. The number of aryl methyl sites for hydroxylation is 2. The first-order valence-electron chi connectivity index (χ1n) is 9.46. The lowest BCUT2D eigenvalue weighted by atomic mass is 10.0. The molecule has 25 heavy (non-hydrogen) atoms. The Morgan fingerprint density at radius 3 is 1.96 bits per heavy atom. The van der Waals surface area contributed by atoms with Crippen LogP contribution < -0.4 is 0 Å². The molecule has 0 unspecified atom stereocenters. The molecule has 1 aliphatic heterocycles. The number of benzene rings is 1. The first-order valence-corrected chi connectivity index (χ1v) is 9.46. The molecule has 1 saturated heterocycles. The van der Waals surface area contributed by atoms with Crippen LogP contribution in [0.5, 0.6) is 0 Å². The maximum atomic E-state index is 4.55. The van der Waals surface area contributed by atoms with Crippen molar-refractivity contribution in [2.24, 2.45) is 7.05 Å². The van der Waals surface area contributed by atoms with Crippen LogP contribution in [0.1, 0.15) is 47.8 Å². The number of nitrogens with zero attached hydrogens (tertiary/aromatic N) is 4. The zero-order valence-electron chi connectivity index (χ0n) is 16.4. The lowest BCUT2D eigenvalue weighted by molar-refractivity contribution is 0.121. The van der Waals surface area contributed by atoms with E-state index in [2.05, 4.69) is 66.9 Å². The van der Waals surface area contributed by atoms with Crippen molar-refractivity contribution in [2.45, 2.75) is 46.7 Å². The molecule has 4 nitrogen and oxygen atoms in total. The number of hydrogen-bond donors (Lipinski definition) is 0. The molecule has 0 N–H and O–H groups in total. The minimum Gasteiger partial charge on any atom is -0.297 e. The van der Waals surface area contributed by atoms with E-state index in [0.717, 1.165) is 39.3 Å². The molecule has 2 aromatic rings. The Morgan fingerprint density at radius 2 is 1.48 bits per heavy atom. The second-order valence-corrected chi connectivity index (χ2v) is 7.72. The predicted molar refractivity (Wildman–Crippen MR) is 104 cm³/mol. The number of rotatable bonds is 5. The molecule has 1 fully saturated rings. The Morgan fingerprint density at radius 1 is 0.920 bits per heavy atom. The van der Waals surface area contributed by atoms with Gasteiger partial charge in [0, 0.05) is 57.6 Å². The topological polar surface area (TPSA) is 24.3 Å². The summed E-state index contributed by atoms with van der Waals surface area (Å²) in [6.07, 6.45) is 0. The van der Waals surface area contributed by atoms with E-state index in [1.807, 2.05) is 11.7 Å². The molecule has 0 aliphatic carbocycles. The molecule has 136 valence electrons. The van der Waals surface area contributed by atoms with Crippen molar-refractivity contribution < 1.29 is 0 Å². The Kier molecular flexibility index (Phi) is 5.60. The SMILES string of the molecule is Cc1nn(C)c(C)c1CN1CCN(Cc2ccc(C(C)C)cc2)CC1. The lowest BCUT2D eigenvalue weighted by Gasteiger charge is -2.34. The van der Waals surface area contributed by atoms with E-state index in [0.29, 0.717) is 5.92 Å². The minimum absolute atomic E-state index is 0.608. The van der Waals surface area contributed by atoms with Gasteiger partial charge in [0.05, 0.1) is 5.69 Å². The van der Waals surface area contributed by atoms with Crippen molar-refractivity contribution in [3.05, 3.63) is 52.3 Å². The molecule has 0 bridgehead atoms. The molecule has 1 aromatic carbocycles. The van der Waals surface area contributed by atoms with E-state index >= 15 is 0 Å². The fraction of sp³-hybridized carbons (Fsp3) is 0.571. The van der Waals surface area contributed by atoms with E-state index in [9.17, 15) is 0 Å². The summed E-state index contributed by atoms with van der Waals surface area (Å²) in [5.74, 6) is 0.608. The van der Waals surface area contributed by atoms with Crippen molar-refractivity contribution in [3.8, 4) is 0 Å². The Balaban J connectivity index is 1.51. The summed E-state index contributed by atoms with van der Waals surface area (Å²) in [4.78, 5) is 5.14. The van der Waals surface area contributed by atoms with Crippen molar-refractivity contribution in [1.82, 2.24) is 19.6 Å². The maximum Gasteiger partial charge on any atom is 0.0641 e. The standard InChI is InChI=1S/C21H32N4/c1-16(2)20-8-6-19(7-9-20)14-24-10-12-25(13-11-24)15-21-17(3)22-23(5)18(21)4/h6-9,16H,10-15H2,1-5H3. The molecule has 1 aliphatic rings. The van der Waals surface area contributed by atoms with Gasteiger partial charge in [0.1, 0.15) is 0 Å². The third-order valence-electron chi connectivity index (χ3n) is 5.56. The van der Waals surface area contributed by atoms with Gasteiger partial charge >= 0.3 is 0 Å². The molecule has 1 aromatic heterocycles. The van der Waals surface area contributed by atoms with Crippen LogP contribution >= 0.6 is 0 Å². The third kappa shape index (κ3) is 4.31. The zero-order valence-corrected chi connectivity index (χ0v) is 16.4. The van der Waals surface area contributed by atoms with Crippen LogP contribution in [-0.2, 0) is 20.1 Å². The first kappa shape index (κ1) is 18.2. The Labute approximate surface area is 152 Å². The average molecular weight is 341 g/mol. The summed E-state index contributed by atoms with van der Waals surface area (Å²) in [5, 5.41) is 4.55. The molecule has 0 amide bonds. The second-order valence-electron chi connectivity index (χ2n) is 7.72. The number of aromatic nitrogens is 2. The second kappa shape index (κ2) is 7.71. The van der Waals surface area contributed by atoms with Crippen molar-refractivity contribution in [1.29, 1.82) is 0 Å². The van der Waals surface area contributed by atoms with Crippen LogP contribution in [0.15, 0.2) is 24.3 Å². The highest BCUT2D eigenvalue weighted by atomic mass is 15.3. The quantitative estimate of drug-likeness (QED) is 0.833. The number of hydrogen-bond acceptors (Lipinski definition) is 3. The summed E-state index contributed by atoms with van der Waals surface area (Å²) in [6.45, 7) is 15.5. The zero-order chi connectivity index (χ0) is 18.0. The normalized spacial score (nSPS) is 16.7. The summed E-state index contributed by atoms with van der Waals surface area (Å²) in [7, 11) is 2.04. The van der Waals surface area contributed by atoms with Gasteiger partial charge < -0.3 is 0 Å². The van der Waals surface area contributed by atoms with E-state index in [1.165, 1.54) is 28.1 Å². The van der Waals surface area contributed by atoms with Crippen LogP contribution in [0.3, 0.4) is 0 Å². The first-order chi connectivity index (χ1) is 11.9. The van der Waals surface area contributed by atoms with E-state index in [4.69, 9.17) is 0 Å². The monoisotopic (exact) mass is 340 g/mol. The molecule has 0 atom stereocenters. The predicted octanol–water partition coefficient (Wildman–Crippen LogP) is 3.48. The summed E-state index contributed by atoms with van der Waals surface area (Å²) >= 11 is 0. The molecule has 3 rings (SSSR count). The summed E-state index contributed by atoms with van der Waals surface area (Å²) < 4.78 is 2.00. The van der Waals surface area contributed by atoms with Crippen molar-refractivity contribution in [3.63, 3.8) is 0 Å². The largest absolute Gasteiger partial charge is 0.297 e. The highest BCUT2D eigenvalue weighted by molar-refractivity contribution is 5.25. The van der Waals surface area contributed by atoms with Gasteiger partial charge in [-0.2, -0.15) is 5.10 Å². The van der Waals surface area contributed by atoms with Gasteiger partial charge in [-0.3, -0.25) is 14.5 Å². The molecule has 0 spiro atoms. The average Bonchev–Trinajstić information content (AvgIpc) is 2.83. The Bertz CT molecular complexity index is 691. The van der Waals surface area contributed by atoms with Gasteiger partial charge in [-0.05, 0) is 30.9 Å². The van der Waals surface area contributed by atoms with Gasteiger partial charge in [0.25, 0.3) is 0 Å². The number of piperazine rings is 1. The van der Waals surface area contributed by atoms with Gasteiger partial charge in [-0.1, -0.05) is 38.1 Å². The van der Waals surface area contributed by atoms with Gasteiger partial charge in [-0.15, -0.1) is 0 Å². The van der Waals surface area contributed by atoms with E-state index < -0.39 is 0 Å². The minimum atomic E-state index is 0.608. The van der Waals surface area contributed by atoms with Gasteiger partial charge in [0.15, 0.2) is 0 Å². The summed E-state index contributed by atoms with van der Waals surface area (Å²) in [6, 6.07) is 9.16. The van der Waals surface area contributed by atoms with Gasteiger partial charge in [-0.25, -0.2) is 0 Å². The maximum absolute atomic E-state index is 4.55. The highest BCUT2D eigenvalue weighted by Gasteiger charge is 2.19. The smallest absolute Gasteiger partial charge is 0.0641 e. The molecule has 0 radical (unpaired) electrons.